The molecule has 0 spiro atoms. The number of aliphatic hydroxyl groups excluding tert-OH is 8. The van der Waals surface area contributed by atoms with Gasteiger partial charge in [0.2, 0.25) is 5.91 Å². The molecular weight excluding hydrogens is 590 g/mol. The molecule has 3 fully saturated rings. The predicted molar refractivity (Wildman–Crippen MR) is 149 cm³/mol. The summed E-state index contributed by atoms with van der Waals surface area (Å²) >= 11 is 0. The summed E-state index contributed by atoms with van der Waals surface area (Å²) < 4.78 is 34.5. The fourth-order valence-corrected chi connectivity index (χ4v) is 5.50. The van der Waals surface area contributed by atoms with Gasteiger partial charge >= 0.3 is 0 Å². The number of unbranched alkanes of at least 4 members (excludes halogenated alkanes) is 5. The molecule has 0 aliphatic carbocycles. The summed E-state index contributed by atoms with van der Waals surface area (Å²) in [6.07, 6.45) is -14.4. The molecular formula is C28H51NO15. The standard InChI is InChI=1S/C28H51NO15/c1-4-5-6-7-8-9-10-39-26-17(29-14(3)31)25(44-28-24(38)21(35)18(32)13(2)41-28)20(34)16(43-26)12-40-27-23(37)22(36)19(33)15(11-30)42-27/h13,15-28,30,32-38H,4-12H2,1-3H3,(H,29,31)/t13-,15-,16-,17-,18+,19-,20+,21-,22-,23-,24-,25+,26-,27+,28-/m0/s1. The van der Waals surface area contributed by atoms with Crippen molar-refractivity contribution in [3.05, 3.63) is 0 Å². The van der Waals surface area contributed by atoms with Gasteiger partial charge in [0.25, 0.3) is 0 Å². The number of amides is 1. The maximum absolute atomic E-state index is 12.2. The van der Waals surface area contributed by atoms with E-state index in [0.717, 1.165) is 32.1 Å². The first-order valence-electron chi connectivity index (χ1n) is 15.4. The second-order valence-corrected chi connectivity index (χ2v) is 11.7. The van der Waals surface area contributed by atoms with Gasteiger partial charge in [0, 0.05) is 13.5 Å². The van der Waals surface area contributed by atoms with E-state index >= 15 is 0 Å². The minimum absolute atomic E-state index is 0.237. The molecule has 0 aromatic rings. The number of rotatable bonds is 15. The van der Waals surface area contributed by atoms with Crippen molar-refractivity contribution in [2.75, 3.05) is 19.8 Å². The molecule has 16 nitrogen and oxygen atoms in total. The Hall–Kier alpha value is -1.09. The fourth-order valence-electron chi connectivity index (χ4n) is 5.50. The summed E-state index contributed by atoms with van der Waals surface area (Å²) in [4.78, 5) is 12.2. The molecule has 258 valence electrons. The highest BCUT2D eigenvalue weighted by atomic mass is 16.7. The van der Waals surface area contributed by atoms with E-state index in [-0.39, 0.29) is 6.61 Å². The lowest BCUT2D eigenvalue weighted by Gasteiger charge is -2.48. The lowest BCUT2D eigenvalue weighted by molar-refractivity contribution is -0.349. The van der Waals surface area contributed by atoms with Crippen LogP contribution in [-0.2, 0) is 33.2 Å². The smallest absolute Gasteiger partial charge is 0.217 e. The quantitative estimate of drug-likeness (QED) is 0.0808. The molecule has 3 saturated heterocycles. The number of aliphatic hydroxyl groups is 8. The van der Waals surface area contributed by atoms with Crippen molar-refractivity contribution in [3.63, 3.8) is 0 Å². The molecule has 3 aliphatic rings. The van der Waals surface area contributed by atoms with Crippen LogP contribution in [0, 0.1) is 0 Å². The monoisotopic (exact) mass is 641 g/mol. The van der Waals surface area contributed by atoms with Gasteiger partial charge in [-0.25, -0.2) is 0 Å². The van der Waals surface area contributed by atoms with Gasteiger partial charge < -0.3 is 74.6 Å². The van der Waals surface area contributed by atoms with Gasteiger partial charge in [-0.15, -0.1) is 0 Å². The number of hydrogen-bond donors (Lipinski definition) is 9. The van der Waals surface area contributed by atoms with E-state index in [1.54, 1.807) is 0 Å². The van der Waals surface area contributed by atoms with Gasteiger partial charge in [0.15, 0.2) is 18.9 Å². The molecule has 0 unspecified atom stereocenters. The van der Waals surface area contributed by atoms with Crippen molar-refractivity contribution >= 4 is 5.91 Å². The highest BCUT2D eigenvalue weighted by Crippen LogP contribution is 2.31. The lowest BCUT2D eigenvalue weighted by atomic mass is 9.95. The highest BCUT2D eigenvalue weighted by Gasteiger charge is 2.52. The summed E-state index contributed by atoms with van der Waals surface area (Å²) in [6.45, 7) is 3.93. The number of carbonyl (C=O) groups is 1. The van der Waals surface area contributed by atoms with Crippen LogP contribution in [-0.4, -0.2) is 159 Å². The summed E-state index contributed by atoms with van der Waals surface area (Å²) in [5.74, 6) is -0.502. The van der Waals surface area contributed by atoms with Gasteiger partial charge in [-0.3, -0.25) is 4.79 Å². The molecule has 0 saturated carbocycles. The number of nitrogens with one attached hydrogen (secondary N) is 1. The fraction of sp³-hybridized carbons (Fsp3) is 0.964. The van der Waals surface area contributed by atoms with Crippen LogP contribution >= 0.6 is 0 Å². The molecule has 9 N–H and O–H groups in total. The van der Waals surface area contributed by atoms with Crippen molar-refractivity contribution in [1.29, 1.82) is 0 Å². The average molecular weight is 642 g/mol. The van der Waals surface area contributed by atoms with Crippen molar-refractivity contribution in [2.24, 2.45) is 0 Å². The molecule has 3 rings (SSSR count). The zero-order chi connectivity index (χ0) is 32.6. The second kappa shape index (κ2) is 17.7. The normalized spacial score (nSPS) is 43.1. The number of hydrogen-bond acceptors (Lipinski definition) is 15. The van der Waals surface area contributed by atoms with Crippen LogP contribution in [0.2, 0.25) is 0 Å². The molecule has 0 aromatic heterocycles. The minimum Gasteiger partial charge on any atom is -0.394 e. The maximum Gasteiger partial charge on any atom is 0.217 e. The largest absolute Gasteiger partial charge is 0.394 e. The van der Waals surface area contributed by atoms with E-state index in [1.807, 2.05) is 0 Å². The predicted octanol–water partition coefficient (Wildman–Crippen LogP) is -3.02. The van der Waals surface area contributed by atoms with Crippen LogP contribution in [0.4, 0.5) is 0 Å². The molecule has 0 bridgehead atoms. The van der Waals surface area contributed by atoms with Crippen molar-refractivity contribution in [2.45, 2.75) is 151 Å². The van der Waals surface area contributed by atoms with Gasteiger partial charge in [-0.2, -0.15) is 0 Å². The van der Waals surface area contributed by atoms with Gasteiger partial charge in [0.05, 0.1) is 19.3 Å². The van der Waals surface area contributed by atoms with E-state index in [9.17, 15) is 45.6 Å². The van der Waals surface area contributed by atoms with Crippen LogP contribution in [0.15, 0.2) is 0 Å². The van der Waals surface area contributed by atoms with Gasteiger partial charge in [-0.05, 0) is 13.3 Å². The first kappa shape index (κ1) is 37.4. The summed E-state index contributed by atoms with van der Waals surface area (Å²) in [7, 11) is 0. The topological polar surface area (TPSA) is 246 Å². The summed E-state index contributed by atoms with van der Waals surface area (Å²) in [6, 6.07) is -1.12. The SMILES string of the molecule is CCCCCCCCO[C@H]1O[C@@H](CO[C@@H]2O[C@@H](CO)[C@H](O)[C@H](O)[C@@H]2O)[C@@H](O)[C@H](O[C@@H]2O[C@@H](C)[C@@H](O)[C@H](O)[C@@H]2O)[C@@H]1NC(C)=O. The van der Waals surface area contributed by atoms with E-state index in [2.05, 4.69) is 12.2 Å². The second-order valence-electron chi connectivity index (χ2n) is 11.7. The third-order valence-electron chi connectivity index (χ3n) is 8.20. The minimum atomic E-state index is -1.71. The molecule has 3 heterocycles. The van der Waals surface area contributed by atoms with Crippen LogP contribution in [0.1, 0.15) is 59.3 Å². The van der Waals surface area contributed by atoms with Crippen molar-refractivity contribution < 1.29 is 74.1 Å². The van der Waals surface area contributed by atoms with Crippen LogP contribution in [0.3, 0.4) is 0 Å². The van der Waals surface area contributed by atoms with Gasteiger partial charge in [-0.1, -0.05) is 39.0 Å². The van der Waals surface area contributed by atoms with E-state index in [0.29, 0.717) is 6.42 Å². The summed E-state index contributed by atoms with van der Waals surface area (Å²) in [5.41, 5.74) is 0. The Morgan fingerprint density at radius 2 is 1.32 bits per heavy atom. The highest BCUT2D eigenvalue weighted by molar-refractivity contribution is 5.73. The molecule has 0 aromatic carbocycles. The zero-order valence-corrected chi connectivity index (χ0v) is 25.5. The molecule has 3 aliphatic heterocycles. The van der Waals surface area contributed by atoms with E-state index in [4.69, 9.17) is 28.4 Å². The van der Waals surface area contributed by atoms with Crippen LogP contribution in [0.25, 0.3) is 0 Å². The number of ether oxygens (including phenoxy) is 6. The van der Waals surface area contributed by atoms with E-state index < -0.39 is 111 Å². The Morgan fingerprint density at radius 1 is 0.705 bits per heavy atom. The molecule has 0 radical (unpaired) electrons. The Bertz CT molecular complexity index is 854. The van der Waals surface area contributed by atoms with Crippen LogP contribution in [0.5, 0.6) is 0 Å². The first-order valence-corrected chi connectivity index (χ1v) is 15.4. The first-order chi connectivity index (χ1) is 20.9. The molecule has 15 atom stereocenters. The Balaban J connectivity index is 1.78. The van der Waals surface area contributed by atoms with Crippen LogP contribution < -0.4 is 5.32 Å². The third kappa shape index (κ3) is 9.48. The lowest BCUT2D eigenvalue weighted by Crippen LogP contribution is -2.68. The van der Waals surface area contributed by atoms with E-state index in [1.165, 1.54) is 13.8 Å². The number of carbonyl (C=O) groups excluding carboxylic acids is 1. The Labute approximate surface area is 256 Å². The Kier molecular flexibility index (Phi) is 15.1. The average Bonchev–Trinajstić information content (AvgIpc) is 2.99. The van der Waals surface area contributed by atoms with Gasteiger partial charge in [0.1, 0.15) is 67.1 Å². The maximum atomic E-state index is 12.2. The Morgan fingerprint density at radius 3 is 1.98 bits per heavy atom. The molecule has 16 heteroatoms. The zero-order valence-electron chi connectivity index (χ0n) is 25.5. The molecule has 1 amide bonds. The summed E-state index contributed by atoms with van der Waals surface area (Å²) in [5, 5.41) is 85.0. The van der Waals surface area contributed by atoms with Crippen molar-refractivity contribution in [3.8, 4) is 0 Å². The third-order valence-corrected chi connectivity index (χ3v) is 8.20. The van der Waals surface area contributed by atoms with Crippen molar-refractivity contribution in [1.82, 2.24) is 5.32 Å². The molecule has 44 heavy (non-hydrogen) atoms.